The molecule has 4 heteroatoms. The number of imidazole rings is 1. The summed E-state index contributed by atoms with van der Waals surface area (Å²) in [7, 11) is 0. The van der Waals surface area contributed by atoms with Crippen LogP contribution in [0.5, 0.6) is 0 Å². The Labute approximate surface area is 132 Å². The van der Waals surface area contributed by atoms with Gasteiger partial charge < -0.3 is 9.47 Å². The first kappa shape index (κ1) is 14.3. The Balaban J connectivity index is 1.52. The number of fused-ring (bicyclic) bond motifs is 3. The lowest BCUT2D eigenvalue weighted by molar-refractivity contribution is -0.137. The van der Waals surface area contributed by atoms with Crippen molar-refractivity contribution in [2.75, 3.05) is 6.54 Å². The molecule has 3 unspecified atom stereocenters. The SMILES string of the molecule is CC1(C)CC2CC(C)(CN2C(=O)C2CCn3ccnc3C2)C1. The van der Waals surface area contributed by atoms with Crippen LogP contribution in [-0.2, 0) is 17.8 Å². The zero-order chi connectivity index (χ0) is 15.5. The number of nitrogens with zero attached hydrogens (tertiary/aromatic N) is 3. The minimum Gasteiger partial charge on any atom is -0.339 e. The van der Waals surface area contributed by atoms with Gasteiger partial charge in [0.15, 0.2) is 0 Å². The highest BCUT2D eigenvalue weighted by molar-refractivity contribution is 5.80. The van der Waals surface area contributed by atoms with Crippen molar-refractivity contribution >= 4 is 5.91 Å². The van der Waals surface area contributed by atoms with Crippen LogP contribution in [0.3, 0.4) is 0 Å². The summed E-state index contributed by atoms with van der Waals surface area (Å²) in [6, 6.07) is 0.461. The van der Waals surface area contributed by atoms with Gasteiger partial charge in [-0.05, 0) is 36.5 Å². The molecule has 0 N–H and O–H groups in total. The Morgan fingerprint density at radius 1 is 1.32 bits per heavy atom. The first-order valence-corrected chi connectivity index (χ1v) is 8.66. The highest BCUT2D eigenvalue weighted by Gasteiger charge is 2.51. The van der Waals surface area contributed by atoms with E-state index in [4.69, 9.17) is 0 Å². The second-order valence-electron chi connectivity index (χ2n) is 8.91. The maximum atomic E-state index is 13.1. The highest BCUT2D eigenvalue weighted by Crippen LogP contribution is 2.52. The lowest BCUT2D eigenvalue weighted by atomic mass is 9.65. The summed E-state index contributed by atoms with van der Waals surface area (Å²) in [5.74, 6) is 1.61. The average molecular weight is 301 g/mol. The summed E-state index contributed by atoms with van der Waals surface area (Å²) in [4.78, 5) is 19.8. The number of aryl methyl sites for hydroxylation is 1. The van der Waals surface area contributed by atoms with Crippen LogP contribution in [0.25, 0.3) is 0 Å². The van der Waals surface area contributed by atoms with Crippen LogP contribution in [0.15, 0.2) is 12.4 Å². The summed E-state index contributed by atoms with van der Waals surface area (Å²) >= 11 is 0. The molecule has 0 aromatic carbocycles. The van der Waals surface area contributed by atoms with Crippen molar-refractivity contribution < 1.29 is 4.79 Å². The molecule has 1 aromatic heterocycles. The van der Waals surface area contributed by atoms with Crippen molar-refractivity contribution in [1.82, 2.24) is 14.5 Å². The van der Waals surface area contributed by atoms with Crippen LogP contribution in [0.1, 0.15) is 52.3 Å². The second kappa shape index (κ2) is 4.59. The number of hydrogen-bond acceptors (Lipinski definition) is 2. The van der Waals surface area contributed by atoms with Crippen LogP contribution in [0.2, 0.25) is 0 Å². The molecule has 3 aliphatic rings. The standard InChI is InChI=1S/C18H27N3O/c1-17(2)9-14-10-18(3,11-17)12-21(14)16(22)13-4-6-20-7-5-19-15(20)8-13/h5,7,13-14H,4,6,8-12H2,1-3H3. The normalized spacial score (nSPS) is 36.2. The Bertz CT molecular complexity index is 605. The zero-order valence-corrected chi connectivity index (χ0v) is 14.0. The van der Waals surface area contributed by atoms with Gasteiger partial charge in [0.05, 0.1) is 0 Å². The van der Waals surface area contributed by atoms with Gasteiger partial charge in [0.25, 0.3) is 0 Å². The molecule has 3 atom stereocenters. The molecule has 120 valence electrons. The van der Waals surface area contributed by atoms with Gasteiger partial charge in [0.2, 0.25) is 5.91 Å². The van der Waals surface area contributed by atoms with E-state index in [0.717, 1.165) is 38.2 Å². The summed E-state index contributed by atoms with van der Waals surface area (Å²) in [5, 5.41) is 0. The summed E-state index contributed by atoms with van der Waals surface area (Å²) in [6.45, 7) is 9.01. The molecule has 1 saturated carbocycles. The van der Waals surface area contributed by atoms with Gasteiger partial charge in [-0.25, -0.2) is 4.98 Å². The number of amides is 1. The van der Waals surface area contributed by atoms with Crippen molar-refractivity contribution in [2.45, 2.75) is 65.5 Å². The molecule has 1 aliphatic carbocycles. The third-order valence-corrected chi connectivity index (χ3v) is 6.00. The number of hydrogen-bond donors (Lipinski definition) is 0. The molecule has 4 nitrogen and oxygen atoms in total. The van der Waals surface area contributed by atoms with Crippen LogP contribution < -0.4 is 0 Å². The summed E-state index contributed by atoms with van der Waals surface area (Å²) in [6.07, 6.45) is 9.27. The predicted octanol–water partition coefficient (Wildman–Crippen LogP) is 2.87. The van der Waals surface area contributed by atoms with E-state index in [1.54, 1.807) is 0 Å². The topological polar surface area (TPSA) is 38.1 Å². The molecule has 2 aliphatic heterocycles. The monoisotopic (exact) mass is 301 g/mol. The van der Waals surface area contributed by atoms with Crippen molar-refractivity contribution in [3.05, 3.63) is 18.2 Å². The van der Waals surface area contributed by atoms with E-state index in [1.165, 1.54) is 12.8 Å². The molecular weight excluding hydrogens is 274 g/mol. The molecule has 2 fully saturated rings. The molecule has 1 amide bonds. The molecule has 2 bridgehead atoms. The maximum absolute atomic E-state index is 13.1. The van der Waals surface area contributed by atoms with Gasteiger partial charge in [-0.3, -0.25) is 4.79 Å². The van der Waals surface area contributed by atoms with Crippen molar-refractivity contribution in [3.8, 4) is 0 Å². The Kier molecular flexibility index (Phi) is 2.98. The predicted molar refractivity (Wildman–Crippen MR) is 85.3 cm³/mol. The molecule has 1 aromatic rings. The third-order valence-electron chi connectivity index (χ3n) is 6.00. The van der Waals surface area contributed by atoms with E-state index in [1.807, 2.05) is 12.4 Å². The van der Waals surface area contributed by atoms with Crippen LogP contribution >= 0.6 is 0 Å². The smallest absolute Gasteiger partial charge is 0.226 e. The fourth-order valence-corrected chi connectivity index (χ4v) is 5.51. The van der Waals surface area contributed by atoms with E-state index in [-0.39, 0.29) is 5.92 Å². The van der Waals surface area contributed by atoms with Gasteiger partial charge >= 0.3 is 0 Å². The minimum absolute atomic E-state index is 0.140. The molecule has 3 heterocycles. The maximum Gasteiger partial charge on any atom is 0.226 e. The van der Waals surface area contributed by atoms with Crippen LogP contribution in [-0.4, -0.2) is 32.9 Å². The largest absolute Gasteiger partial charge is 0.339 e. The zero-order valence-electron chi connectivity index (χ0n) is 14.0. The Morgan fingerprint density at radius 3 is 2.95 bits per heavy atom. The summed E-state index contributed by atoms with van der Waals surface area (Å²) < 4.78 is 2.19. The molecule has 4 rings (SSSR count). The van der Waals surface area contributed by atoms with E-state index >= 15 is 0 Å². The van der Waals surface area contributed by atoms with Crippen molar-refractivity contribution in [1.29, 1.82) is 0 Å². The van der Waals surface area contributed by atoms with E-state index in [9.17, 15) is 4.79 Å². The highest BCUT2D eigenvalue weighted by atomic mass is 16.2. The second-order valence-corrected chi connectivity index (χ2v) is 8.91. The minimum atomic E-state index is 0.140. The van der Waals surface area contributed by atoms with Gasteiger partial charge in [-0.15, -0.1) is 0 Å². The number of carbonyl (C=O) groups excluding carboxylic acids is 1. The van der Waals surface area contributed by atoms with Crippen LogP contribution in [0.4, 0.5) is 0 Å². The summed E-state index contributed by atoms with van der Waals surface area (Å²) in [5.41, 5.74) is 0.699. The Morgan fingerprint density at radius 2 is 2.14 bits per heavy atom. The molecule has 22 heavy (non-hydrogen) atoms. The first-order chi connectivity index (χ1) is 10.4. The van der Waals surface area contributed by atoms with Crippen molar-refractivity contribution in [3.63, 3.8) is 0 Å². The van der Waals surface area contributed by atoms with E-state index in [2.05, 4.69) is 35.2 Å². The van der Waals surface area contributed by atoms with Gasteiger partial charge in [-0.2, -0.15) is 0 Å². The van der Waals surface area contributed by atoms with Gasteiger partial charge in [0.1, 0.15) is 5.82 Å². The van der Waals surface area contributed by atoms with Crippen molar-refractivity contribution in [2.24, 2.45) is 16.7 Å². The van der Waals surface area contributed by atoms with Gasteiger partial charge in [-0.1, -0.05) is 20.8 Å². The molecule has 0 radical (unpaired) electrons. The van der Waals surface area contributed by atoms with Crippen LogP contribution in [0, 0.1) is 16.7 Å². The first-order valence-electron chi connectivity index (χ1n) is 8.66. The molecule has 0 spiro atoms. The number of likely N-dealkylation sites (tertiary alicyclic amines) is 1. The van der Waals surface area contributed by atoms with Gasteiger partial charge in [0, 0.05) is 43.9 Å². The number of rotatable bonds is 1. The van der Waals surface area contributed by atoms with E-state index < -0.39 is 0 Å². The van der Waals surface area contributed by atoms with E-state index in [0.29, 0.717) is 22.8 Å². The molecular formula is C18H27N3O. The third kappa shape index (κ3) is 2.27. The Hall–Kier alpha value is -1.32. The number of carbonyl (C=O) groups is 1. The number of aromatic nitrogens is 2. The fourth-order valence-electron chi connectivity index (χ4n) is 5.51. The fraction of sp³-hybridized carbons (Fsp3) is 0.778. The lowest BCUT2D eigenvalue weighted by Gasteiger charge is -2.39. The molecule has 1 saturated heterocycles. The lowest BCUT2D eigenvalue weighted by Crippen LogP contribution is -2.42. The quantitative estimate of drug-likeness (QED) is 0.800. The average Bonchev–Trinajstić information content (AvgIpc) is 2.97.